The van der Waals surface area contributed by atoms with E-state index in [1.54, 1.807) is 16.6 Å². The average Bonchev–Trinajstić information content (AvgIpc) is 2.97. The summed E-state index contributed by atoms with van der Waals surface area (Å²) in [6, 6.07) is 6.41. The molecule has 4 nitrogen and oxygen atoms in total. The van der Waals surface area contributed by atoms with E-state index in [1.165, 1.54) is 23.5 Å². The number of imidazole rings is 1. The lowest BCUT2D eigenvalue weighted by Crippen LogP contribution is -2.15. The van der Waals surface area contributed by atoms with Gasteiger partial charge in [0, 0.05) is 11.8 Å². The zero-order valence-corrected chi connectivity index (χ0v) is 13.6. The number of aliphatic hydroxyl groups excluding tert-OH is 1. The summed E-state index contributed by atoms with van der Waals surface area (Å²) in [4.78, 5) is 5.41. The number of hydrogen-bond acceptors (Lipinski definition) is 4. The van der Waals surface area contributed by atoms with Gasteiger partial charge in [0.25, 0.3) is 0 Å². The van der Waals surface area contributed by atoms with Crippen LogP contribution in [-0.4, -0.2) is 19.7 Å². The summed E-state index contributed by atoms with van der Waals surface area (Å²) in [7, 11) is 0. The predicted octanol–water partition coefficient (Wildman–Crippen LogP) is 3.31. The maximum Gasteiger partial charge on any atom is 0.212 e. The van der Waals surface area contributed by atoms with Gasteiger partial charge in [0.05, 0.1) is 18.0 Å². The van der Waals surface area contributed by atoms with Crippen LogP contribution in [0.1, 0.15) is 42.7 Å². The van der Waals surface area contributed by atoms with Crippen molar-refractivity contribution in [1.82, 2.24) is 14.6 Å². The lowest BCUT2D eigenvalue weighted by Gasteiger charge is -2.16. The molecule has 0 aliphatic carbocycles. The van der Waals surface area contributed by atoms with E-state index in [4.69, 9.17) is 0 Å². The van der Waals surface area contributed by atoms with E-state index >= 15 is 0 Å². The highest BCUT2D eigenvalue weighted by Gasteiger charge is 2.25. The summed E-state index contributed by atoms with van der Waals surface area (Å²) in [5.74, 6) is -0.241. The van der Waals surface area contributed by atoms with E-state index in [2.05, 4.69) is 30.9 Å². The third-order valence-corrected chi connectivity index (χ3v) is 4.38. The van der Waals surface area contributed by atoms with Crippen LogP contribution in [0.15, 0.2) is 24.3 Å². The Hall–Kier alpha value is -1.79. The summed E-state index contributed by atoms with van der Waals surface area (Å²) < 4.78 is 14.7. The molecule has 3 rings (SSSR count). The molecule has 0 aliphatic heterocycles. The molecule has 22 heavy (non-hydrogen) atoms. The number of rotatable bonds is 3. The molecule has 0 saturated heterocycles. The Morgan fingerprint density at radius 3 is 2.50 bits per heavy atom. The minimum absolute atomic E-state index is 0.0898. The first-order valence-electron chi connectivity index (χ1n) is 7.11. The highest BCUT2D eigenvalue weighted by Crippen LogP contribution is 2.29. The molecule has 0 atom stereocenters. The Morgan fingerprint density at radius 1 is 1.23 bits per heavy atom. The SMILES string of the molecule is CC(C)(C)c1nc2sc(Cc3ccc(F)cc3)nn2c1CO. The molecule has 2 heterocycles. The molecule has 1 N–H and O–H groups in total. The van der Waals surface area contributed by atoms with E-state index in [-0.39, 0.29) is 17.8 Å². The number of benzene rings is 1. The third-order valence-electron chi connectivity index (χ3n) is 3.47. The number of hydrogen-bond donors (Lipinski definition) is 1. The van der Waals surface area contributed by atoms with Crippen molar-refractivity contribution in [3.63, 3.8) is 0 Å². The van der Waals surface area contributed by atoms with Crippen LogP contribution in [0, 0.1) is 5.82 Å². The molecule has 6 heteroatoms. The molecule has 3 aromatic rings. The molecule has 0 aliphatic rings. The minimum atomic E-state index is -0.241. The van der Waals surface area contributed by atoms with Crippen LogP contribution < -0.4 is 0 Å². The van der Waals surface area contributed by atoms with Crippen molar-refractivity contribution in [3.05, 3.63) is 52.0 Å². The Balaban J connectivity index is 1.97. The standard InChI is InChI=1S/C16H18FN3OS/c1-16(2,3)14-12(9-21)20-15(18-14)22-13(19-20)8-10-4-6-11(17)7-5-10/h4-7,21H,8-9H2,1-3H3. The van der Waals surface area contributed by atoms with Crippen molar-refractivity contribution in [3.8, 4) is 0 Å². The minimum Gasteiger partial charge on any atom is -0.390 e. The third kappa shape index (κ3) is 2.76. The van der Waals surface area contributed by atoms with E-state index in [1.807, 2.05) is 0 Å². The lowest BCUT2D eigenvalue weighted by atomic mass is 9.91. The van der Waals surface area contributed by atoms with E-state index < -0.39 is 0 Å². The number of halogens is 1. The molecule has 0 fully saturated rings. The summed E-state index contributed by atoms with van der Waals surface area (Å²) >= 11 is 1.50. The van der Waals surface area contributed by atoms with E-state index in [9.17, 15) is 9.50 Å². The van der Waals surface area contributed by atoms with Gasteiger partial charge in [0.2, 0.25) is 4.96 Å². The van der Waals surface area contributed by atoms with Gasteiger partial charge < -0.3 is 5.11 Å². The van der Waals surface area contributed by atoms with Crippen LogP contribution in [0.2, 0.25) is 0 Å². The van der Waals surface area contributed by atoms with Gasteiger partial charge in [-0.15, -0.1) is 0 Å². The van der Waals surface area contributed by atoms with Crippen LogP contribution in [-0.2, 0) is 18.4 Å². The van der Waals surface area contributed by atoms with Gasteiger partial charge >= 0.3 is 0 Å². The van der Waals surface area contributed by atoms with Crippen LogP contribution in [0.25, 0.3) is 4.96 Å². The molecule has 0 bridgehead atoms. The van der Waals surface area contributed by atoms with Gasteiger partial charge in [-0.2, -0.15) is 5.10 Å². The maximum atomic E-state index is 12.9. The van der Waals surface area contributed by atoms with E-state index in [0.29, 0.717) is 6.42 Å². The van der Waals surface area contributed by atoms with Gasteiger partial charge in [-0.3, -0.25) is 0 Å². The average molecular weight is 319 g/mol. The Bertz CT molecular complexity index is 799. The fourth-order valence-corrected chi connectivity index (χ4v) is 3.37. The van der Waals surface area contributed by atoms with Crippen molar-refractivity contribution in [1.29, 1.82) is 0 Å². The molecule has 1 aromatic carbocycles. The van der Waals surface area contributed by atoms with Crippen molar-refractivity contribution in [2.75, 3.05) is 0 Å². The summed E-state index contributed by atoms with van der Waals surface area (Å²) in [6.45, 7) is 6.11. The number of aliphatic hydroxyl groups is 1. The Morgan fingerprint density at radius 2 is 1.91 bits per heavy atom. The molecular weight excluding hydrogens is 301 g/mol. The van der Waals surface area contributed by atoms with Crippen molar-refractivity contribution in [2.24, 2.45) is 0 Å². The molecule has 0 amide bonds. The maximum absolute atomic E-state index is 12.9. The quantitative estimate of drug-likeness (QED) is 0.806. The second-order valence-corrected chi connectivity index (χ2v) is 7.35. The number of fused-ring (bicyclic) bond motifs is 1. The molecule has 0 spiro atoms. The smallest absolute Gasteiger partial charge is 0.212 e. The summed E-state index contributed by atoms with van der Waals surface area (Å²) in [6.07, 6.45) is 0.629. The van der Waals surface area contributed by atoms with Gasteiger partial charge in [0.1, 0.15) is 10.8 Å². The number of nitrogens with zero attached hydrogens (tertiary/aromatic N) is 3. The first kappa shape index (κ1) is 15.1. The second-order valence-electron chi connectivity index (χ2n) is 6.31. The molecule has 0 saturated carbocycles. The van der Waals surface area contributed by atoms with Crippen LogP contribution in [0.4, 0.5) is 4.39 Å². The molecule has 0 radical (unpaired) electrons. The van der Waals surface area contributed by atoms with E-state index in [0.717, 1.165) is 26.9 Å². The van der Waals surface area contributed by atoms with Crippen molar-refractivity contribution in [2.45, 2.75) is 39.2 Å². The van der Waals surface area contributed by atoms with Crippen LogP contribution in [0.5, 0.6) is 0 Å². The molecular formula is C16H18FN3OS. The Kier molecular flexibility index (Phi) is 3.74. The molecule has 2 aromatic heterocycles. The van der Waals surface area contributed by atoms with Crippen LogP contribution >= 0.6 is 11.3 Å². The number of aromatic nitrogens is 3. The second kappa shape index (κ2) is 5.44. The van der Waals surface area contributed by atoms with Gasteiger partial charge in [-0.25, -0.2) is 13.9 Å². The molecule has 0 unspecified atom stereocenters. The van der Waals surface area contributed by atoms with Gasteiger partial charge in [0.15, 0.2) is 0 Å². The fraction of sp³-hybridized carbons (Fsp3) is 0.375. The van der Waals surface area contributed by atoms with Crippen molar-refractivity contribution >= 4 is 16.3 Å². The van der Waals surface area contributed by atoms with Gasteiger partial charge in [-0.1, -0.05) is 44.2 Å². The van der Waals surface area contributed by atoms with Crippen molar-refractivity contribution < 1.29 is 9.50 Å². The predicted molar refractivity (Wildman–Crippen MR) is 84.7 cm³/mol. The topological polar surface area (TPSA) is 50.4 Å². The van der Waals surface area contributed by atoms with Gasteiger partial charge in [-0.05, 0) is 17.7 Å². The monoisotopic (exact) mass is 319 g/mol. The highest BCUT2D eigenvalue weighted by atomic mass is 32.1. The summed E-state index contributed by atoms with van der Waals surface area (Å²) in [5.41, 5.74) is 2.48. The fourth-order valence-electron chi connectivity index (χ4n) is 2.42. The first-order valence-corrected chi connectivity index (χ1v) is 7.93. The zero-order valence-electron chi connectivity index (χ0n) is 12.8. The summed E-state index contributed by atoms with van der Waals surface area (Å²) in [5, 5.41) is 15.1. The highest BCUT2D eigenvalue weighted by molar-refractivity contribution is 7.16. The Labute approximate surface area is 132 Å². The molecule has 116 valence electrons. The zero-order chi connectivity index (χ0) is 15.9. The van der Waals surface area contributed by atoms with Crippen LogP contribution in [0.3, 0.4) is 0 Å². The lowest BCUT2D eigenvalue weighted by molar-refractivity contribution is 0.270. The normalized spacial score (nSPS) is 12.2. The largest absolute Gasteiger partial charge is 0.390 e. The first-order chi connectivity index (χ1) is 10.4.